The van der Waals surface area contributed by atoms with E-state index in [1.165, 1.54) is 18.7 Å². The molecule has 0 aliphatic heterocycles. The lowest BCUT2D eigenvalue weighted by atomic mass is 10.4. The van der Waals surface area contributed by atoms with Crippen LogP contribution in [0.3, 0.4) is 0 Å². The molecule has 3 heteroatoms. The van der Waals surface area contributed by atoms with Crippen molar-refractivity contribution < 1.29 is 0 Å². The van der Waals surface area contributed by atoms with Gasteiger partial charge in [0.15, 0.2) is 0 Å². The van der Waals surface area contributed by atoms with Crippen molar-refractivity contribution in [2.75, 3.05) is 31.4 Å². The van der Waals surface area contributed by atoms with Crippen molar-refractivity contribution in [3.63, 3.8) is 0 Å². The van der Waals surface area contributed by atoms with Gasteiger partial charge in [-0.2, -0.15) is 23.5 Å². The minimum Gasteiger partial charge on any atom is -0.316 e. The molecule has 0 rings (SSSR count). The zero-order valence-corrected chi connectivity index (χ0v) is 9.36. The zero-order valence-electron chi connectivity index (χ0n) is 7.72. The second-order valence-corrected chi connectivity index (χ2v) is 4.86. The molecule has 0 fully saturated rings. The van der Waals surface area contributed by atoms with Gasteiger partial charge in [0.05, 0.1) is 0 Å². The molecule has 0 aromatic carbocycles. The molecule has 0 radical (unpaired) electrons. The molecule has 11 heavy (non-hydrogen) atoms. The minimum atomic E-state index is 0.754. The Hall–Kier alpha value is 0.660. The van der Waals surface area contributed by atoms with Crippen LogP contribution in [0.4, 0.5) is 0 Å². The Morgan fingerprint density at radius 3 is 2.64 bits per heavy atom. The van der Waals surface area contributed by atoms with Gasteiger partial charge in [-0.1, -0.05) is 6.92 Å². The molecule has 1 unspecified atom stereocenters. The van der Waals surface area contributed by atoms with E-state index in [1.54, 1.807) is 0 Å². The zero-order chi connectivity index (χ0) is 8.53. The normalized spacial score (nSPS) is 13.4. The molecule has 0 bridgehead atoms. The standard InChI is InChI=1S/C8H19NS2/c1-8(11-3)7-9-5-4-6-10-2/h8-9H,4-7H2,1-3H3. The third-order valence-corrected chi connectivity index (χ3v) is 3.20. The van der Waals surface area contributed by atoms with Gasteiger partial charge in [0.2, 0.25) is 0 Å². The van der Waals surface area contributed by atoms with Crippen molar-refractivity contribution in [2.45, 2.75) is 18.6 Å². The average Bonchev–Trinajstić information content (AvgIpc) is 2.04. The fourth-order valence-electron chi connectivity index (χ4n) is 0.730. The van der Waals surface area contributed by atoms with E-state index < -0.39 is 0 Å². The van der Waals surface area contributed by atoms with Gasteiger partial charge in [-0.3, -0.25) is 0 Å². The number of hydrogen-bond acceptors (Lipinski definition) is 3. The van der Waals surface area contributed by atoms with Gasteiger partial charge in [-0.25, -0.2) is 0 Å². The van der Waals surface area contributed by atoms with Crippen LogP contribution in [0, 0.1) is 0 Å². The van der Waals surface area contributed by atoms with Crippen molar-refractivity contribution in [1.82, 2.24) is 5.32 Å². The molecule has 1 nitrogen and oxygen atoms in total. The summed E-state index contributed by atoms with van der Waals surface area (Å²) in [4.78, 5) is 0. The van der Waals surface area contributed by atoms with Gasteiger partial charge in [0.1, 0.15) is 0 Å². The predicted molar refractivity (Wildman–Crippen MR) is 58.8 cm³/mol. The number of thioether (sulfide) groups is 2. The molecular weight excluding hydrogens is 174 g/mol. The monoisotopic (exact) mass is 193 g/mol. The lowest BCUT2D eigenvalue weighted by Gasteiger charge is -2.08. The molecule has 0 aliphatic rings. The van der Waals surface area contributed by atoms with Gasteiger partial charge in [-0.05, 0) is 31.2 Å². The molecular formula is C8H19NS2. The van der Waals surface area contributed by atoms with Crippen molar-refractivity contribution in [2.24, 2.45) is 0 Å². The maximum absolute atomic E-state index is 3.44. The Bertz CT molecular complexity index is 78.5. The fraction of sp³-hybridized carbons (Fsp3) is 1.00. The lowest BCUT2D eigenvalue weighted by Crippen LogP contribution is -2.23. The summed E-state index contributed by atoms with van der Waals surface area (Å²) in [6.07, 6.45) is 5.61. The molecule has 0 saturated carbocycles. The maximum Gasteiger partial charge on any atom is 0.0141 e. The highest BCUT2D eigenvalue weighted by Crippen LogP contribution is 2.02. The molecule has 1 atom stereocenters. The van der Waals surface area contributed by atoms with Gasteiger partial charge in [0.25, 0.3) is 0 Å². The first kappa shape index (κ1) is 11.7. The van der Waals surface area contributed by atoms with Crippen LogP contribution in [0.2, 0.25) is 0 Å². The van der Waals surface area contributed by atoms with Crippen molar-refractivity contribution in [3.05, 3.63) is 0 Å². The minimum absolute atomic E-state index is 0.754. The molecule has 0 aliphatic carbocycles. The van der Waals surface area contributed by atoms with E-state index in [4.69, 9.17) is 0 Å². The van der Waals surface area contributed by atoms with Gasteiger partial charge in [0, 0.05) is 11.8 Å². The first-order chi connectivity index (χ1) is 5.31. The van der Waals surface area contributed by atoms with Crippen molar-refractivity contribution in [3.8, 4) is 0 Å². The molecule has 0 saturated heterocycles. The van der Waals surface area contributed by atoms with Crippen LogP contribution in [-0.4, -0.2) is 36.6 Å². The first-order valence-corrected chi connectivity index (χ1v) is 6.72. The van der Waals surface area contributed by atoms with E-state index in [0.717, 1.165) is 11.8 Å². The SMILES string of the molecule is CSCCCNCC(C)SC. The van der Waals surface area contributed by atoms with Crippen molar-refractivity contribution >= 4 is 23.5 Å². The number of hydrogen-bond donors (Lipinski definition) is 1. The van der Waals surface area contributed by atoms with Crippen LogP contribution in [0.1, 0.15) is 13.3 Å². The fourth-order valence-corrected chi connectivity index (χ4v) is 1.45. The summed E-state index contributed by atoms with van der Waals surface area (Å²) in [6, 6.07) is 0. The molecule has 1 N–H and O–H groups in total. The summed E-state index contributed by atoms with van der Waals surface area (Å²) in [5.41, 5.74) is 0. The summed E-state index contributed by atoms with van der Waals surface area (Å²) >= 11 is 3.84. The van der Waals surface area contributed by atoms with E-state index in [0.29, 0.717) is 0 Å². The quantitative estimate of drug-likeness (QED) is 0.622. The van der Waals surface area contributed by atoms with Crippen LogP contribution in [0.5, 0.6) is 0 Å². The van der Waals surface area contributed by atoms with Crippen molar-refractivity contribution in [1.29, 1.82) is 0 Å². The highest BCUT2D eigenvalue weighted by Gasteiger charge is 1.96. The Kier molecular flexibility index (Phi) is 9.28. The van der Waals surface area contributed by atoms with Crippen LogP contribution in [0.25, 0.3) is 0 Å². The topological polar surface area (TPSA) is 12.0 Å². The number of nitrogens with one attached hydrogen (secondary N) is 1. The highest BCUT2D eigenvalue weighted by atomic mass is 32.2. The average molecular weight is 193 g/mol. The predicted octanol–water partition coefficient (Wildman–Crippen LogP) is 2.08. The molecule has 0 spiro atoms. The smallest absolute Gasteiger partial charge is 0.0141 e. The van der Waals surface area contributed by atoms with E-state index >= 15 is 0 Å². The van der Waals surface area contributed by atoms with E-state index in [-0.39, 0.29) is 0 Å². The van der Waals surface area contributed by atoms with Gasteiger partial charge >= 0.3 is 0 Å². The van der Waals surface area contributed by atoms with Gasteiger partial charge in [-0.15, -0.1) is 0 Å². The van der Waals surface area contributed by atoms with Crippen LogP contribution < -0.4 is 5.32 Å². The second kappa shape index (κ2) is 8.75. The second-order valence-electron chi connectivity index (χ2n) is 2.60. The van der Waals surface area contributed by atoms with Gasteiger partial charge < -0.3 is 5.32 Å². The largest absolute Gasteiger partial charge is 0.316 e. The molecule has 0 aromatic heterocycles. The summed E-state index contributed by atoms with van der Waals surface area (Å²) < 4.78 is 0. The summed E-state index contributed by atoms with van der Waals surface area (Å²) in [5, 5.41) is 4.19. The van der Waals surface area contributed by atoms with Crippen LogP contribution >= 0.6 is 23.5 Å². The number of rotatable bonds is 7. The van der Waals surface area contributed by atoms with Crippen LogP contribution in [-0.2, 0) is 0 Å². The summed E-state index contributed by atoms with van der Waals surface area (Å²) in [7, 11) is 0. The molecule has 0 aromatic rings. The molecule has 0 heterocycles. The third-order valence-electron chi connectivity index (χ3n) is 1.54. The lowest BCUT2D eigenvalue weighted by molar-refractivity contribution is 0.672. The Balaban J connectivity index is 2.89. The van der Waals surface area contributed by atoms with E-state index in [2.05, 4.69) is 24.8 Å². The molecule has 0 amide bonds. The summed E-state index contributed by atoms with van der Waals surface area (Å²) in [5.74, 6) is 1.28. The van der Waals surface area contributed by atoms with Crippen LogP contribution in [0.15, 0.2) is 0 Å². The third kappa shape index (κ3) is 8.57. The maximum atomic E-state index is 3.44. The molecule has 68 valence electrons. The summed E-state index contributed by atoms with van der Waals surface area (Å²) in [6.45, 7) is 4.58. The Morgan fingerprint density at radius 1 is 1.36 bits per heavy atom. The highest BCUT2D eigenvalue weighted by molar-refractivity contribution is 7.99. The van der Waals surface area contributed by atoms with E-state index in [1.807, 2.05) is 23.5 Å². The first-order valence-electron chi connectivity index (χ1n) is 4.03. The van der Waals surface area contributed by atoms with E-state index in [9.17, 15) is 0 Å². The Morgan fingerprint density at radius 2 is 2.09 bits per heavy atom. The Labute approximate surface area is 79.1 Å².